The van der Waals surface area contributed by atoms with Gasteiger partial charge in [0.25, 0.3) is 5.92 Å². The lowest BCUT2D eigenvalue weighted by Gasteiger charge is -2.40. The van der Waals surface area contributed by atoms with Crippen LogP contribution in [-0.2, 0) is 12.8 Å². The quantitative estimate of drug-likeness (QED) is 0.810. The molecule has 1 fully saturated rings. The second-order valence-corrected chi connectivity index (χ2v) is 7.23. The summed E-state index contributed by atoms with van der Waals surface area (Å²) in [7, 11) is 0. The van der Waals surface area contributed by atoms with Crippen LogP contribution in [0.1, 0.15) is 17.5 Å². The molecule has 2 aliphatic rings. The number of fused-ring (bicyclic) bond motifs is 1. The largest absolute Gasteiger partial charge is 0.487 e. The highest BCUT2D eigenvalue weighted by Gasteiger charge is 2.38. The van der Waals surface area contributed by atoms with E-state index in [9.17, 15) is 8.78 Å². The van der Waals surface area contributed by atoms with E-state index < -0.39 is 5.92 Å². The number of benzene rings is 2. The second kappa shape index (κ2) is 7.23. The summed E-state index contributed by atoms with van der Waals surface area (Å²) in [5.41, 5.74) is 3.30. The molecule has 2 aromatic rings. The topological polar surface area (TPSA) is 24.5 Å². The van der Waals surface area contributed by atoms with E-state index >= 15 is 0 Å². The van der Waals surface area contributed by atoms with Gasteiger partial charge in [-0.15, -0.1) is 0 Å². The molecule has 1 N–H and O–H groups in total. The third-order valence-corrected chi connectivity index (χ3v) is 5.12. The lowest BCUT2D eigenvalue weighted by atomic mass is 10.0. The minimum atomic E-state index is -2.67. The summed E-state index contributed by atoms with van der Waals surface area (Å²) in [6.07, 6.45) is 1.26. The number of hydrogen-bond acceptors (Lipinski definition) is 3. The molecule has 4 rings (SSSR count). The van der Waals surface area contributed by atoms with Gasteiger partial charge in [0.2, 0.25) is 0 Å². The molecule has 2 heterocycles. The highest BCUT2D eigenvalue weighted by molar-refractivity contribution is 5.61. The van der Waals surface area contributed by atoms with E-state index in [1.54, 1.807) is 4.90 Å². The zero-order valence-electron chi connectivity index (χ0n) is 14.8. The van der Waals surface area contributed by atoms with Crippen molar-refractivity contribution in [1.82, 2.24) is 4.90 Å². The second-order valence-electron chi connectivity index (χ2n) is 7.23. The lowest BCUT2D eigenvalue weighted by molar-refractivity contribution is -0.0793. The summed E-state index contributed by atoms with van der Waals surface area (Å²) in [6, 6.07) is 15.5. The first-order chi connectivity index (χ1) is 12.6. The molecule has 0 aliphatic carbocycles. The van der Waals surface area contributed by atoms with Gasteiger partial charge in [-0.25, -0.2) is 8.78 Å². The maximum atomic E-state index is 14.2. The van der Waals surface area contributed by atoms with Crippen molar-refractivity contribution < 1.29 is 13.5 Å². The lowest BCUT2D eigenvalue weighted by Crippen LogP contribution is -2.57. The van der Waals surface area contributed by atoms with E-state index in [0.29, 0.717) is 19.5 Å². The van der Waals surface area contributed by atoms with Crippen LogP contribution in [-0.4, -0.2) is 43.1 Å². The fraction of sp³-hybridized carbons (Fsp3) is 0.429. The first-order valence-corrected chi connectivity index (χ1v) is 9.26. The molecule has 0 unspecified atom stereocenters. The molecule has 138 valence electrons. The standard InChI is InChI=1S/C21H24F2N2O/c22-21(23,11-9-16-5-2-1-3-6-16)15-25-13-17(14-25)26-20-8-4-7-19-18(20)10-12-24-19/h1-8,17,24H,9-15H2. The Morgan fingerprint density at radius 2 is 1.88 bits per heavy atom. The predicted molar refractivity (Wildman–Crippen MR) is 99.2 cm³/mol. The van der Waals surface area contributed by atoms with E-state index in [0.717, 1.165) is 30.0 Å². The van der Waals surface area contributed by atoms with Crippen LogP contribution >= 0.6 is 0 Å². The third-order valence-electron chi connectivity index (χ3n) is 5.12. The van der Waals surface area contributed by atoms with Gasteiger partial charge in [-0.3, -0.25) is 4.90 Å². The van der Waals surface area contributed by atoms with E-state index in [4.69, 9.17) is 4.74 Å². The van der Waals surface area contributed by atoms with Crippen LogP contribution in [0.4, 0.5) is 14.5 Å². The van der Waals surface area contributed by atoms with E-state index in [2.05, 4.69) is 11.4 Å². The maximum absolute atomic E-state index is 14.2. The molecule has 3 nitrogen and oxygen atoms in total. The average molecular weight is 358 g/mol. The van der Waals surface area contributed by atoms with Gasteiger partial charge in [0.15, 0.2) is 0 Å². The Balaban J connectivity index is 1.24. The SMILES string of the molecule is FC(F)(CCc1ccccc1)CN1CC(Oc2cccc3c2CCN3)C1. The van der Waals surface area contributed by atoms with Crippen molar-refractivity contribution in [1.29, 1.82) is 0 Å². The van der Waals surface area contributed by atoms with Crippen molar-refractivity contribution >= 4 is 5.69 Å². The molecule has 2 aliphatic heterocycles. The normalized spacial score (nSPS) is 17.5. The summed E-state index contributed by atoms with van der Waals surface area (Å²) in [5, 5.41) is 3.33. The van der Waals surface area contributed by atoms with Gasteiger partial charge in [0.1, 0.15) is 11.9 Å². The number of hydrogen-bond donors (Lipinski definition) is 1. The molecule has 1 saturated heterocycles. The van der Waals surface area contributed by atoms with Crippen molar-refractivity contribution in [2.45, 2.75) is 31.3 Å². The molecule has 5 heteroatoms. The predicted octanol–water partition coefficient (Wildman–Crippen LogP) is 3.99. The zero-order chi connectivity index (χ0) is 18.0. The Bertz CT molecular complexity index is 745. The zero-order valence-corrected chi connectivity index (χ0v) is 14.8. The molecule has 26 heavy (non-hydrogen) atoms. The molecule has 2 aromatic carbocycles. The fourth-order valence-electron chi connectivity index (χ4n) is 3.71. The minimum Gasteiger partial charge on any atom is -0.487 e. The Morgan fingerprint density at radius 3 is 2.69 bits per heavy atom. The molecule has 0 spiro atoms. The van der Waals surface area contributed by atoms with Crippen LogP contribution < -0.4 is 10.1 Å². The maximum Gasteiger partial charge on any atom is 0.260 e. The monoisotopic (exact) mass is 358 g/mol. The smallest absolute Gasteiger partial charge is 0.260 e. The number of alkyl halides is 2. The Kier molecular flexibility index (Phi) is 4.81. The number of likely N-dealkylation sites (tertiary alicyclic amines) is 1. The van der Waals surface area contributed by atoms with E-state index in [-0.39, 0.29) is 19.1 Å². The molecular formula is C21H24F2N2O. The third kappa shape index (κ3) is 3.98. The van der Waals surface area contributed by atoms with Crippen molar-refractivity contribution in [3.05, 3.63) is 59.7 Å². The van der Waals surface area contributed by atoms with Crippen molar-refractivity contribution in [3.63, 3.8) is 0 Å². The Hall–Kier alpha value is -2.14. The number of nitrogens with one attached hydrogen (secondary N) is 1. The van der Waals surface area contributed by atoms with Gasteiger partial charge in [-0.05, 0) is 30.5 Å². The summed E-state index contributed by atoms with van der Waals surface area (Å²) >= 11 is 0. The average Bonchev–Trinajstić information content (AvgIpc) is 3.09. The van der Waals surface area contributed by atoms with Gasteiger partial charge in [-0.2, -0.15) is 0 Å². The van der Waals surface area contributed by atoms with Gasteiger partial charge in [-0.1, -0.05) is 36.4 Å². The van der Waals surface area contributed by atoms with Gasteiger partial charge >= 0.3 is 0 Å². The van der Waals surface area contributed by atoms with Gasteiger partial charge < -0.3 is 10.1 Å². The molecule has 0 bridgehead atoms. The summed E-state index contributed by atoms with van der Waals surface area (Å²) in [6.45, 7) is 1.88. The van der Waals surface area contributed by atoms with Crippen molar-refractivity contribution in [2.24, 2.45) is 0 Å². The number of rotatable bonds is 7. The van der Waals surface area contributed by atoms with Crippen LogP contribution in [0, 0.1) is 0 Å². The highest BCUT2D eigenvalue weighted by Crippen LogP contribution is 2.33. The van der Waals surface area contributed by atoms with Crippen LogP contribution in [0.2, 0.25) is 0 Å². The first kappa shape index (κ1) is 17.3. The van der Waals surface area contributed by atoms with Crippen molar-refractivity contribution in [3.8, 4) is 5.75 Å². The molecule has 0 amide bonds. The molecule has 0 radical (unpaired) electrons. The number of anilines is 1. The number of aryl methyl sites for hydroxylation is 1. The molecule has 0 saturated carbocycles. The van der Waals surface area contributed by atoms with Gasteiger partial charge in [0, 0.05) is 37.3 Å². The fourth-order valence-corrected chi connectivity index (χ4v) is 3.71. The first-order valence-electron chi connectivity index (χ1n) is 9.26. The summed E-state index contributed by atoms with van der Waals surface area (Å²) in [5.74, 6) is -1.77. The highest BCUT2D eigenvalue weighted by atomic mass is 19.3. The van der Waals surface area contributed by atoms with Crippen LogP contribution in [0.15, 0.2) is 48.5 Å². The van der Waals surface area contributed by atoms with E-state index in [1.165, 1.54) is 5.56 Å². The molecule has 0 aromatic heterocycles. The number of halogens is 2. The molecular weight excluding hydrogens is 334 g/mol. The summed E-state index contributed by atoms with van der Waals surface area (Å²) < 4.78 is 34.5. The number of ether oxygens (including phenoxy) is 1. The Morgan fingerprint density at radius 1 is 1.08 bits per heavy atom. The van der Waals surface area contributed by atoms with Gasteiger partial charge in [0.05, 0.1) is 6.54 Å². The van der Waals surface area contributed by atoms with Crippen LogP contribution in [0.25, 0.3) is 0 Å². The van der Waals surface area contributed by atoms with E-state index in [1.807, 2.05) is 42.5 Å². The molecule has 0 atom stereocenters. The van der Waals surface area contributed by atoms with Crippen LogP contribution in [0.5, 0.6) is 5.75 Å². The Labute approximate surface area is 153 Å². The number of nitrogens with zero attached hydrogens (tertiary/aromatic N) is 1. The minimum absolute atomic E-state index is 0.00650. The summed E-state index contributed by atoms with van der Waals surface area (Å²) in [4.78, 5) is 1.79. The van der Waals surface area contributed by atoms with Crippen molar-refractivity contribution in [2.75, 3.05) is 31.5 Å². The van der Waals surface area contributed by atoms with Crippen LogP contribution in [0.3, 0.4) is 0 Å².